The van der Waals surface area contributed by atoms with E-state index in [4.69, 9.17) is 19.9 Å². The van der Waals surface area contributed by atoms with Crippen molar-refractivity contribution in [3.63, 3.8) is 0 Å². The zero-order valence-corrected chi connectivity index (χ0v) is 15.7. The molecular weight excluding hydrogens is 362 g/mol. The van der Waals surface area contributed by atoms with Gasteiger partial charge in [0.2, 0.25) is 5.91 Å². The molecule has 4 atom stereocenters. The summed E-state index contributed by atoms with van der Waals surface area (Å²) >= 11 is 0. The van der Waals surface area contributed by atoms with Crippen LogP contribution in [0.2, 0.25) is 0 Å². The number of para-hydroxylation sites is 1. The predicted octanol–water partition coefficient (Wildman–Crippen LogP) is 0.152. The van der Waals surface area contributed by atoms with Crippen LogP contribution in [0.4, 0.5) is 0 Å². The number of ether oxygens (including phenoxy) is 3. The predicted molar refractivity (Wildman–Crippen MR) is 99.2 cm³/mol. The normalized spacial score (nSPS) is 32.9. The summed E-state index contributed by atoms with van der Waals surface area (Å²) < 4.78 is 17.6. The van der Waals surface area contributed by atoms with Gasteiger partial charge >= 0.3 is 0 Å². The van der Waals surface area contributed by atoms with Crippen LogP contribution in [0.1, 0.15) is 23.2 Å². The van der Waals surface area contributed by atoms with Crippen molar-refractivity contribution in [1.82, 2.24) is 10.2 Å². The Morgan fingerprint density at radius 2 is 2.14 bits per heavy atom. The summed E-state index contributed by atoms with van der Waals surface area (Å²) in [7, 11) is 0. The minimum Gasteiger partial charge on any atom is -0.486 e. The lowest BCUT2D eigenvalue weighted by Gasteiger charge is -2.29. The molecule has 8 nitrogen and oxygen atoms in total. The van der Waals surface area contributed by atoms with E-state index in [1.807, 2.05) is 6.07 Å². The maximum atomic E-state index is 12.8. The first-order valence-corrected chi connectivity index (χ1v) is 9.91. The van der Waals surface area contributed by atoms with E-state index in [-0.39, 0.29) is 36.0 Å². The van der Waals surface area contributed by atoms with E-state index < -0.39 is 0 Å². The van der Waals surface area contributed by atoms with Crippen LogP contribution in [0.15, 0.2) is 18.2 Å². The first kappa shape index (κ1) is 17.8. The lowest BCUT2D eigenvalue weighted by Crippen LogP contribution is -2.42. The molecule has 2 bridgehead atoms. The Kier molecular flexibility index (Phi) is 4.21. The minimum atomic E-state index is -0.313. The van der Waals surface area contributed by atoms with Crippen LogP contribution in [-0.2, 0) is 9.53 Å². The zero-order valence-electron chi connectivity index (χ0n) is 15.7. The average Bonchev–Trinajstić information content (AvgIpc) is 3.33. The number of nitrogens with zero attached hydrogens (tertiary/aromatic N) is 1. The first-order valence-electron chi connectivity index (χ1n) is 9.91. The fourth-order valence-electron chi connectivity index (χ4n) is 5.46. The highest BCUT2D eigenvalue weighted by Crippen LogP contribution is 2.54. The number of primary amides is 1. The largest absolute Gasteiger partial charge is 0.486 e. The average molecular weight is 387 g/mol. The van der Waals surface area contributed by atoms with E-state index in [2.05, 4.69) is 10.2 Å². The van der Waals surface area contributed by atoms with Crippen molar-refractivity contribution in [2.45, 2.75) is 24.5 Å². The molecule has 0 saturated carbocycles. The number of nitrogens with one attached hydrogen (secondary N) is 1. The number of hydrogen-bond acceptors (Lipinski definition) is 6. The minimum absolute atomic E-state index is 0.161. The molecule has 4 aliphatic heterocycles. The highest BCUT2D eigenvalue weighted by molar-refractivity contribution is 5.97. The Bertz CT molecular complexity index is 815. The fourth-order valence-corrected chi connectivity index (χ4v) is 5.46. The Balaban J connectivity index is 1.27. The van der Waals surface area contributed by atoms with Crippen molar-refractivity contribution < 1.29 is 23.8 Å². The van der Waals surface area contributed by atoms with Crippen molar-refractivity contribution in [2.24, 2.45) is 17.6 Å². The fraction of sp³-hybridized carbons (Fsp3) is 0.600. The van der Waals surface area contributed by atoms with Crippen LogP contribution < -0.4 is 20.5 Å². The quantitative estimate of drug-likeness (QED) is 0.746. The molecule has 150 valence electrons. The molecule has 1 aromatic rings. The molecule has 5 rings (SSSR count). The third-order valence-electron chi connectivity index (χ3n) is 6.54. The summed E-state index contributed by atoms with van der Waals surface area (Å²) in [6.07, 6.45) is 2.18. The molecule has 3 fully saturated rings. The van der Waals surface area contributed by atoms with Crippen molar-refractivity contribution >= 4 is 11.8 Å². The molecule has 0 aromatic heterocycles. The zero-order chi connectivity index (χ0) is 19.3. The summed E-state index contributed by atoms with van der Waals surface area (Å²) in [6.45, 7) is 3.28. The van der Waals surface area contributed by atoms with E-state index in [1.54, 1.807) is 12.1 Å². The third-order valence-corrected chi connectivity index (χ3v) is 6.54. The smallest absolute Gasteiger partial charge is 0.255 e. The van der Waals surface area contributed by atoms with Crippen LogP contribution in [0.3, 0.4) is 0 Å². The van der Waals surface area contributed by atoms with E-state index in [0.717, 1.165) is 25.9 Å². The van der Waals surface area contributed by atoms with Gasteiger partial charge in [-0.1, -0.05) is 6.07 Å². The molecule has 8 heteroatoms. The van der Waals surface area contributed by atoms with Gasteiger partial charge < -0.3 is 25.3 Å². The lowest BCUT2D eigenvalue weighted by atomic mass is 9.73. The molecule has 1 spiro atoms. The SMILES string of the molecule is NC(=O)CN1C[C@@H]2[C@H](CNC(=O)c3cccc4c3OCCO4)[C@H]3CC[C@]2(C1)O3. The maximum absolute atomic E-state index is 12.8. The second-order valence-corrected chi connectivity index (χ2v) is 8.21. The Hall–Kier alpha value is -2.32. The summed E-state index contributed by atoms with van der Waals surface area (Å²) in [6, 6.07) is 5.37. The van der Waals surface area contributed by atoms with E-state index in [9.17, 15) is 9.59 Å². The molecule has 1 aromatic carbocycles. The van der Waals surface area contributed by atoms with Crippen LogP contribution in [0.25, 0.3) is 0 Å². The molecule has 2 amide bonds. The van der Waals surface area contributed by atoms with E-state index in [0.29, 0.717) is 42.7 Å². The molecule has 28 heavy (non-hydrogen) atoms. The molecule has 3 saturated heterocycles. The molecule has 0 aliphatic carbocycles. The molecular formula is C20H25N3O5. The summed E-state index contributed by atoms with van der Waals surface area (Å²) in [5.74, 6) is 1.21. The molecule has 4 heterocycles. The topological polar surface area (TPSA) is 103 Å². The van der Waals surface area contributed by atoms with Crippen LogP contribution in [-0.4, -0.2) is 67.8 Å². The monoisotopic (exact) mass is 387 g/mol. The number of carbonyl (C=O) groups is 2. The second-order valence-electron chi connectivity index (χ2n) is 8.21. The number of carbonyl (C=O) groups excluding carboxylic acids is 2. The standard InChI is InChI=1S/C20H25N3O5/c21-17(24)10-23-9-14-13(15-4-5-20(14,11-23)28-15)8-22-19(25)12-2-1-3-16-18(12)27-7-6-26-16/h1-3,13-15H,4-11H2,(H2,21,24)(H,22,25)/t13-,14+,15+,20+/m0/s1. The van der Waals surface area contributed by atoms with Crippen LogP contribution in [0.5, 0.6) is 11.5 Å². The van der Waals surface area contributed by atoms with E-state index >= 15 is 0 Å². The Morgan fingerprint density at radius 1 is 1.29 bits per heavy atom. The van der Waals surface area contributed by atoms with Gasteiger partial charge in [-0.05, 0) is 25.0 Å². The third kappa shape index (κ3) is 2.82. The number of likely N-dealkylation sites (tertiary alicyclic amines) is 1. The maximum Gasteiger partial charge on any atom is 0.255 e. The number of fused-ring (bicyclic) bond motifs is 2. The van der Waals surface area contributed by atoms with Crippen LogP contribution in [0, 0.1) is 11.8 Å². The molecule has 0 unspecified atom stereocenters. The molecule has 4 aliphatic rings. The van der Waals surface area contributed by atoms with Gasteiger partial charge in [-0.25, -0.2) is 0 Å². The van der Waals surface area contributed by atoms with Gasteiger partial charge in [-0.2, -0.15) is 0 Å². The van der Waals surface area contributed by atoms with Gasteiger partial charge in [0.15, 0.2) is 11.5 Å². The number of hydrogen-bond donors (Lipinski definition) is 2. The summed E-state index contributed by atoms with van der Waals surface area (Å²) in [5, 5.41) is 3.08. The Labute approximate surface area is 163 Å². The van der Waals surface area contributed by atoms with Crippen molar-refractivity contribution in [1.29, 1.82) is 0 Å². The van der Waals surface area contributed by atoms with E-state index in [1.165, 1.54) is 0 Å². The Morgan fingerprint density at radius 3 is 3.00 bits per heavy atom. The number of nitrogens with two attached hydrogens (primary N) is 1. The number of amides is 2. The first-order chi connectivity index (χ1) is 13.6. The van der Waals surface area contributed by atoms with Crippen molar-refractivity contribution in [3.05, 3.63) is 23.8 Å². The molecule has 0 radical (unpaired) electrons. The number of benzene rings is 1. The van der Waals surface area contributed by atoms with Gasteiger partial charge in [0, 0.05) is 31.5 Å². The van der Waals surface area contributed by atoms with Crippen LogP contribution >= 0.6 is 0 Å². The highest BCUT2D eigenvalue weighted by Gasteiger charge is 2.62. The second kappa shape index (κ2) is 6.63. The van der Waals surface area contributed by atoms with Gasteiger partial charge in [0.05, 0.1) is 23.8 Å². The highest BCUT2D eigenvalue weighted by atomic mass is 16.6. The van der Waals surface area contributed by atoms with Crippen molar-refractivity contribution in [2.75, 3.05) is 39.4 Å². The lowest BCUT2D eigenvalue weighted by molar-refractivity contribution is -0.119. The number of rotatable bonds is 5. The molecule has 3 N–H and O–H groups in total. The van der Waals surface area contributed by atoms with Crippen molar-refractivity contribution in [3.8, 4) is 11.5 Å². The van der Waals surface area contributed by atoms with Gasteiger partial charge in [0.1, 0.15) is 13.2 Å². The summed E-state index contributed by atoms with van der Waals surface area (Å²) in [4.78, 5) is 26.2. The summed E-state index contributed by atoms with van der Waals surface area (Å²) in [5.41, 5.74) is 5.69. The van der Waals surface area contributed by atoms with Gasteiger partial charge in [0.25, 0.3) is 5.91 Å². The van der Waals surface area contributed by atoms with Gasteiger partial charge in [-0.3, -0.25) is 14.5 Å². The van der Waals surface area contributed by atoms with Gasteiger partial charge in [-0.15, -0.1) is 0 Å².